The first-order chi connectivity index (χ1) is 6.35. The maximum Gasteiger partial charge on any atom is 0.152 e. The predicted molar refractivity (Wildman–Crippen MR) is 52.8 cm³/mol. The van der Waals surface area contributed by atoms with E-state index in [1.54, 1.807) is 18.2 Å². The van der Waals surface area contributed by atoms with Gasteiger partial charge in [-0.2, -0.15) is 5.26 Å². The molecule has 0 amide bonds. The van der Waals surface area contributed by atoms with Crippen molar-refractivity contribution >= 4 is 0 Å². The summed E-state index contributed by atoms with van der Waals surface area (Å²) in [5.41, 5.74) is 0. The molecule has 0 aliphatic heterocycles. The zero-order chi connectivity index (χ0) is 9.94. The SMILES string of the molecule is C=CC(C=C)OCCCC#CC#N. The second-order valence-electron chi connectivity index (χ2n) is 2.32. The van der Waals surface area contributed by atoms with Gasteiger partial charge in [-0.25, -0.2) is 0 Å². The Balaban J connectivity index is 3.40. The average molecular weight is 175 g/mol. The topological polar surface area (TPSA) is 33.0 Å². The quantitative estimate of drug-likeness (QED) is 0.351. The fraction of sp³-hybridized carbons (Fsp3) is 0.364. The van der Waals surface area contributed by atoms with Gasteiger partial charge in [0.25, 0.3) is 0 Å². The van der Waals surface area contributed by atoms with E-state index in [1.165, 1.54) is 0 Å². The van der Waals surface area contributed by atoms with Gasteiger partial charge in [0, 0.05) is 18.9 Å². The van der Waals surface area contributed by atoms with Crippen molar-refractivity contribution in [3.63, 3.8) is 0 Å². The number of rotatable bonds is 6. The van der Waals surface area contributed by atoms with E-state index in [0.29, 0.717) is 13.0 Å². The molecule has 0 unspecified atom stereocenters. The number of nitriles is 1. The van der Waals surface area contributed by atoms with Gasteiger partial charge in [-0.3, -0.25) is 0 Å². The Bertz CT molecular complexity index is 243. The minimum Gasteiger partial charge on any atom is -0.370 e. The van der Waals surface area contributed by atoms with Crippen LogP contribution in [0.5, 0.6) is 0 Å². The van der Waals surface area contributed by atoms with Crippen molar-refractivity contribution < 1.29 is 4.74 Å². The van der Waals surface area contributed by atoms with Gasteiger partial charge in [-0.1, -0.05) is 18.1 Å². The van der Waals surface area contributed by atoms with Crippen LogP contribution in [0.25, 0.3) is 0 Å². The molecule has 0 saturated carbocycles. The van der Waals surface area contributed by atoms with Crippen LogP contribution in [0.15, 0.2) is 25.3 Å². The summed E-state index contributed by atoms with van der Waals surface area (Å²) in [6, 6.07) is 1.76. The minimum absolute atomic E-state index is 0.0797. The van der Waals surface area contributed by atoms with Crippen LogP contribution in [0.1, 0.15) is 12.8 Å². The summed E-state index contributed by atoms with van der Waals surface area (Å²) in [5.74, 6) is 5.03. The van der Waals surface area contributed by atoms with Crippen molar-refractivity contribution in [1.29, 1.82) is 5.26 Å². The molecule has 0 aliphatic carbocycles. The maximum atomic E-state index is 8.11. The molecule has 68 valence electrons. The number of ether oxygens (including phenoxy) is 1. The lowest BCUT2D eigenvalue weighted by Gasteiger charge is -2.07. The molecule has 0 aromatic carbocycles. The summed E-state index contributed by atoms with van der Waals surface area (Å²) < 4.78 is 5.33. The second-order valence-corrected chi connectivity index (χ2v) is 2.32. The highest BCUT2D eigenvalue weighted by Crippen LogP contribution is 1.97. The zero-order valence-electron chi connectivity index (χ0n) is 7.62. The molecule has 0 aromatic rings. The van der Waals surface area contributed by atoms with Gasteiger partial charge < -0.3 is 4.74 Å². The molecule has 0 saturated heterocycles. The monoisotopic (exact) mass is 175 g/mol. The first kappa shape index (κ1) is 11.5. The molecule has 2 heteroatoms. The highest BCUT2D eigenvalue weighted by atomic mass is 16.5. The molecule has 0 bridgehead atoms. The normalized spacial score (nSPS) is 8.31. The van der Waals surface area contributed by atoms with Crippen molar-refractivity contribution in [2.75, 3.05) is 6.61 Å². The molecule has 0 rings (SSSR count). The fourth-order valence-corrected chi connectivity index (χ4v) is 0.714. The predicted octanol–water partition coefficient (Wildman–Crippen LogP) is 2.05. The summed E-state index contributed by atoms with van der Waals surface area (Å²) in [6.45, 7) is 7.80. The zero-order valence-corrected chi connectivity index (χ0v) is 7.62. The lowest BCUT2D eigenvalue weighted by atomic mass is 10.3. The Kier molecular flexibility index (Phi) is 7.59. The highest BCUT2D eigenvalue weighted by Gasteiger charge is 1.95. The molecule has 0 radical (unpaired) electrons. The molecule has 0 aliphatic rings. The summed E-state index contributed by atoms with van der Waals surface area (Å²) in [6.07, 6.45) is 4.81. The molecule has 0 N–H and O–H groups in total. The van der Waals surface area contributed by atoms with Gasteiger partial charge in [0.05, 0.1) is 6.10 Å². The molecular formula is C11H13NO. The van der Waals surface area contributed by atoms with E-state index in [9.17, 15) is 0 Å². The van der Waals surface area contributed by atoms with Crippen molar-refractivity contribution in [3.8, 4) is 17.9 Å². The number of hydrogen-bond acceptors (Lipinski definition) is 2. The van der Waals surface area contributed by atoms with Crippen LogP contribution in [0.4, 0.5) is 0 Å². The van der Waals surface area contributed by atoms with Crippen molar-refractivity contribution in [3.05, 3.63) is 25.3 Å². The summed E-state index contributed by atoms with van der Waals surface area (Å²) in [5, 5.41) is 8.11. The first-order valence-electron chi connectivity index (χ1n) is 4.08. The Morgan fingerprint density at radius 1 is 1.38 bits per heavy atom. The lowest BCUT2D eigenvalue weighted by Crippen LogP contribution is -2.06. The van der Waals surface area contributed by atoms with E-state index in [1.807, 2.05) is 0 Å². The van der Waals surface area contributed by atoms with E-state index in [-0.39, 0.29) is 6.10 Å². The Labute approximate surface area is 79.5 Å². The van der Waals surface area contributed by atoms with Crippen molar-refractivity contribution in [1.82, 2.24) is 0 Å². The molecule has 2 nitrogen and oxygen atoms in total. The molecular weight excluding hydrogens is 162 g/mol. The summed E-state index contributed by atoms with van der Waals surface area (Å²) in [4.78, 5) is 0. The lowest BCUT2D eigenvalue weighted by molar-refractivity contribution is 0.114. The van der Waals surface area contributed by atoms with E-state index in [0.717, 1.165) is 6.42 Å². The number of hydrogen-bond donors (Lipinski definition) is 0. The Hall–Kier alpha value is -1.51. The third-order valence-corrected chi connectivity index (χ3v) is 1.37. The highest BCUT2D eigenvalue weighted by molar-refractivity contribution is 5.16. The molecule has 13 heavy (non-hydrogen) atoms. The van der Waals surface area contributed by atoms with Gasteiger partial charge in [0.15, 0.2) is 6.07 Å². The van der Waals surface area contributed by atoms with Gasteiger partial charge in [-0.05, 0) is 6.42 Å². The fourth-order valence-electron chi connectivity index (χ4n) is 0.714. The summed E-state index contributed by atoms with van der Waals surface area (Å²) in [7, 11) is 0. The van der Waals surface area contributed by atoms with E-state index in [2.05, 4.69) is 25.0 Å². The molecule has 0 spiro atoms. The first-order valence-corrected chi connectivity index (χ1v) is 4.08. The van der Waals surface area contributed by atoms with Crippen LogP contribution in [0.2, 0.25) is 0 Å². The van der Waals surface area contributed by atoms with Crippen LogP contribution >= 0.6 is 0 Å². The number of nitrogens with zero attached hydrogens (tertiary/aromatic N) is 1. The maximum absolute atomic E-state index is 8.11. The smallest absolute Gasteiger partial charge is 0.152 e. The average Bonchev–Trinajstić information content (AvgIpc) is 2.17. The minimum atomic E-state index is -0.0797. The van der Waals surface area contributed by atoms with E-state index in [4.69, 9.17) is 10.00 Å². The van der Waals surface area contributed by atoms with Crippen LogP contribution in [-0.2, 0) is 4.74 Å². The molecule has 0 aromatic heterocycles. The van der Waals surface area contributed by atoms with Crippen LogP contribution in [0, 0.1) is 23.2 Å². The van der Waals surface area contributed by atoms with Crippen molar-refractivity contribution in [2.24, 2.45) is 0 Å². The van der Waals surface area contributed by atoms with Crippen molar-refractivity contribution in [2.45, 2.75) is 18.9 Å². The van der Waals surface area contributed by atoms with Gasteiger partial charge in [0.2, 0.25) is 0 Å². The molecule has 0 fully saturated rings. The largest absolute Gasteiger partial charge is 0.370 e. The number of unbranched alkanes of at least 4 members (excludes halogenated alkanes) is 1. The Morgan fingerprint density at radius 3 is 2.62 bits per heavy atom. The van der Waals surface area contributed by atoms with Crippen LogP contribution < -0.4 is 0 Å². The molecule has 0 atom stereocenters. The van der Waals surface area contributed by atoms with E-state index >= 15 is 0 Å². The summed E-state index contributed by atoms with van der Waals surface area (Å²) >= 11 is 0. The van der Waals surface area contributed by atoms with E-state index < -0.39 is 0 Å². The van der Waals surface area contributed by atoms with Gasteiger partial charge >= 0.3 is 0 Å². The third kappa shape index (κ3) is 6.87. The van der Waals surface area contributed by atoms with Gasteiger partial charge in [0.1, 0.15) is 0 Å². The van der Waals surface area contributed by atoms with Gasteiger partial charge in [-0.15, -0.1) is 13.2 Å². The third-order valence-electron chi connectivity index (χ3n) is 1.37. The standard InChI is InChI=1S/C11H13NO/c1-3-11(4-2)13-10-8-6-5-7-9-12/h3-4,11H,1-2,6,8,10H2. The Morgan fingerprint density at radius 2 is 2.08 bits per heavy atom. The second kappa shape index (κ2) is 8.59. The van der Waals surface area contributed by atoms with Crippen LogP contribution in [-0.4, -0.2) is 12.7 Å². The molecule has 0 heterocycles. The van der Waals surface area contributed by atoms with Crippen LogP contribution in [0.3, 0.4) is 0 Å².